The van der Waals surface area contributed by atoms with Crippen molar-refractivity contribution < 1.29 is 38.0 Å². The van der Waals surface area contributed by atoms with Crippen molar-refractivity contribution in [2.45, 2.75) is 70.6 Å². The quantitative estimate of drug-likeness (QED) is 0.521. The molecule has 0 aromatic carbocycles. The largest absolute Gasteiger partial charge is 0.466 e. The van der Waals surface area contributed by atoms with Gasteiger partial charge in [-0.1, -0.05) is 6.08 Å². The summed E-state index contributed by atoms with van der Waals surface area (Å²) in [6.45, 7) is 6.93. The van der Waals surface area contributed by atoms with E-state index in [0.717, 1.165) is 0 Å². The van der Waals surface area contributed by atoms with Crippen LogP contribution in [0.25, 0.3) is 0 Å². The van der Waals surface area contributed by atoms with Crippen molar-refractivity contribution in [3.05, 3.63) is 12.2 Å². The fraction of sp³-hybridized carbons (Fsp3) is 0.789. The molecule has 3 rings (SSSR count). The Hall–Kier alpha value is -1.48. The lowest BCUT2D eigenvalue weighted by Gasteiger charge is -2.37. The molecule has 8 nitrogen and oxygen atoms in total. The van der Waals surface area contributed by atoms with Gasteiger partial charge in [-0.3, -0.25) is 9.59 Å². The second-order valence-electron chi connectivity index (χ2n) is 7.45. The van der Waals surface area contributed by atoms with Crippen LogP contribution >= 0.6 is 0 Å². The molecule has 2 heterocycles. The van der Waals surface area contributed by atoms with Crippen LogP contribution in [0.15, 0.2) is 12.2 Å². The lowest BCUT2D eigenvalue weighted by Crippen LogP contribution is -2.48. The lowest BCUT2D eigenvalue weighted by atomic mass is 9.76. The van der Waals surface area contributed by atoms with Gasteiger partial charge in [0.2, 0.25) is 0 Å². The average Bonchev–Trinajstić information content (AvgIpc) is 3.05. The number of methoxy groups -OCH3 is 1. The molecule has 0 amide bonds. The first kappa shape index (κ1) is 20.3. The zero-order valence-electron chi connectivity index (χ0n) is 16.4. The van der Waals surface area contributed by atoms with Crippen molar-refractivity contribution in [3.8, 4) is 0 Å². The van der Waals surface area contributed by atoms with Gasteiger partial charge in [0.05, 0.1) is 12.7 Å². The second-order valence-corrected chi connectivity index (χ2v) is 7.45. The SMILES string of the molecule is CCOC(=O)[C@@H]1[C@H]([C@H]2O[C@@H]3OC(C)(C)O[C@@H]3[C@H]2OC)CC=C[C@@H]1OC(C)=O. The molecule has 0 bridgehead atoms. The molecule has 0 saturated carbocycles. The van der Waals surface area contributed by atoms with E-state index < -0.39 is 54.3 Å². The van der Waals surface area contributed by atoms with Crippen LogP contribution in [-0.2, 0) is 38.0 Å². The summed E-state index contributed by atoms with van der Waals surface area (Å²) in [5, 5.41) is 0. The van der Waals surface area contributed by atoms with Crippen molar-refractivity contribution in [3.63, 3.8) is 0 Å². The lowest BCUT2D eigenvalue weighted by molar-refractivity contribution is -0.227. The fourth-order valence-electron chi connectivity index (χ4n) is 4.19. The summed E-state index contributed by atoms with van der Waals surface area (Å²) < 4.78 is 34.2. The molecular weight excluding hydrogens is 356 g/mol. The Bertz CT molecular complexity index is 601. The van der Waals surface area contributed by atoms with Crippen molar-refractivity contribution in [2.75, 3.05) is 13.7 Å². The number of ether oxygens (including phenoxy) is 6. The van der Waals surface area contributed by atoms with E-state index in [-0.39, 0.29) is 12.5 Å². The first-order chi connectivity index (χ1) is 12.8. The standard InChI is InChI=1S/C19H28O8/c1-6-23-17(21)13-11(8-7-9-12(13)24-10(2)20)14-15(22-5)16-18(25-14)27-19(3,4)26-16/h7,9,11-16,18H,6,8H2,1-5H3/t11-,12+,13-,14-,15+,16-,18-/m1/s1. The van der Waals surface area contributed by atoms with E-state index >= 15 is 0 Å². The molecule has 2 saturated heterocycles. The average molecular weight is 384 g/mol. The molecule has 2 aliphatic heterocycles. The Kier molecular flexibility index (Phi) is 5.90. The number of rotatable bonds is 5. The molecule has 1 aliphatic carbocycles. The summed E-state index contributed by atoms with van der Waals surface area (Å²) in [5.41, 5.74) is 0. The first-order valence-electron chi connectivity index (χ1n) is 9.31. The van der Waals surface area contributed by atoms with E-state index in [0.29, 0.717) is 6.42 Å². The third-order valence-electron chi connectivity index (χ3n) is 5.13. The molecule has 152 valence electrons. The van der Waals surface area contributed by atoms with E-state index in [4.69, 9.17) is 28.4 Å². The highest BCUT2D eigenvalue weighted by Crippen LogP contribution is 2.44. The van der Waals surface area contributed by atoms with E-state index in [9.17, 15) is 9.59 Å². The summed E-state index contributed by atoms with van der Waals surface area (Å²) in [5.74, 6) is -2.63. The maximum Gasteiger partial charge on any atom is 0.313 e. The van der Waals surface area contributed by atoms with Crippen LogP contribution in [0.2, 0.25) is 0 Å². The van der Waals surface area contributed by atoms with Crippen LogP contribution in [0.1, 0.15) is 34.1 Å². The van der Waals surface area contributed by atoms with Gasteiger partial charge in [-0.25, -0.2) is 0 Å². The van der Waals surface area contributed by atoms with Crippen LogP contribution in [0.5, 0.6) is 0 Å². The van der Waals surface area contributed by atoms with Gasteiger partial charge in [-0.15, -0.1) is 0 Å². The number of allylic oxidation sites excluding steroid dienone is 1. The van der Waals surface area contributed by atoms with Gasteiger partial charge < -0.3 is 28.4 Å². The van der Waals surface area contributed by atoms with Gasteiger partial charge >= 0.3 is 11.9 Å². The maximum absolute atomic E-state index is 12.7. The number of hydrogen-bond acceptors (Lipinski definition) is 8. The van der Waals surface area contributed by atoms with E-state index in [1.54, 1.807) is 20.1 Å². The molecule has 0 radical (unpaired) electrons. The molecule has 3 aliphatic rings. The first-order valence-corrected chi connectivity index (χ1v) is 9.31. The zero-order chi connectivity index (χ0) is 19.8. The van der Waals surface area contributed by atoms with Gasteiger partial charge in [0.25, 0.3) is 0 Å². The Balaban J connectivity index is 1.85. The Labute approximate surface area is 159 Å². The van der Waals surface area contributed by atoms with Gasteiger partial charge in [-0.2, -0.15) is 0 Å². The molecule has 8 heteroatoms. The summed E-state index contributed by atoms with van der Waals surface area (Å²) in [6.07, 6.45) is 1.64. The molecule has 0 spiro atoms. The van der Waals surface area contributed by atoms with E-state index in [1.165, 1.54) is 6.92 Å². The van der Waals surface area contributed by atoms with Crippen molar-refractivity contribution in [1.29, 1.82) is 0 Å². The smallest absolute Gasteiger partial charge is 0.313 e. The van der Waals surface area contributed by atoms with Crippen molar-refractivity contribution in [2.24, 2.45) is 11.8 Å². The van der Waals surface area contributed by atoms with Gasteiger partial charge in [0, 0.05) is 20.0 Å². The number of hydrogen-bond donors (Lipinski definition) is 0. The summed E-state index contributed by atoms with van der Waals surface area (Å²) in [6, 6.07) is 0. The minimum absolute atomic E-state index is 0.240. The molecule has 2 fully saturated rings. The number of carbonyl (C=O) groups is 2. The highest BCUT2D eigenvalue weighted by molar-refractivity contribution is 5.75. The number of esters is 2. The Morgan fingerprint density at radius 2 is 1.96 bits per heavy atom. The van der Waals surface area contributed by atoms with Crippen LogP contribution in [0, 0.1) is 11.8 Å². The summed E-state index contributed by atoms with van der Waals surface area (Å²) >= 11 is 0. The molecule has 7 atom stereocenters. The van der Waals surface area contributed by atoms with Crippen LogP contribution in [0.3, 0.4) is 0 Å². The molecule has 0 aromatic heterocycles. The normalized spacial score (nSPS) is 39.8. The fourth-order valence-corrected chi connectivity index (χ4v) is 4.19. The monoisotopic (exact) mass is 384 g/mol. The van der Waals surface area contributed by atoms with E-state index in [2.05, 4.69) is 0 Å². The highest BCUT2D eigenvalue weighted by Gasteiger charge is 2.59. The molecule has 0 N–H and O–H groups in total. The predicted octanol–water partition coefficient (Wildman–Crippen LogP) is 1.56. The Morgan fingerprint density at radius 1 is 1.22 bits per heavy atom. The maximum atomic E-state index is 12.7. The minimum Gasteiger partial charge on any atom is -0.466 e. The van der Waals surface area contributed by atoms with Gasteiger partial charge in [0.1, 0.15) is 24.2 Å². The molecule has 0 unspecified atom stereocenters. The third kappa shape index (κ3) is 4.03. The van der Waals surface area contributed by atoms with Crippen LogP contribution in [0.4, 0.5) is 0 Å². The highest BCUT2D eigenvalue weighted by atomic mass is 16.8. The predicted molar refractivity (Wildman–Crippen MR) is 92.4 cm³/mol. The van der Waals surface area contributed by atoms with Gasteiger partial charge in [-0.05, 0) is 33.3 Å². The third-order valence-corrected chi connectivity index (χ3v) is 5.13. The van der Waals surface area contributed by atoms with Crippen molar-refractivity contribution >= 4 is 11.9 Å². The number of carbonyl (C=O) groups excluding carboxylic acids is 2. The van der Waals surface area contributed by atoms with Gasteiger partial charge in [0.15, 0.2) is 12.1 Å². The molecule has 27 heavy (non-hydrogen) atoms. The van der Waals surface area contributed by atoms with Crippen LogP contribution < -0.4 is 0 Å². The number of fused-ring (bicyclic) bond motifs is 1. The Morgan fingerprint density at radius 3 is 2.59 bits per heavy atom. The summed E-state index contributed by atoms with van der Waals surface area (Å²) in [4.78, 5) is 24.2. The molecular formula is C19H28O8. The summed E-state index contributed by atoms with van der Waals surface area (Å²) in [7, 11) is 1.58. The van der Waals surface area contributed by atoms with Crippen molar-refractivity contribution in [1.82, 2.24) is 0 Å². The van der Waals surface area contributed by atoms with E-state index in [1.807, 2.05) is 19.9 Å². The van der Waals surface area contributed by atoms with Crippen LogP contribution in [-0.4, -0.2) is 62.1 Å². The second kappa shape index (κ2) is 7.87. The zero-order valence-corrected chi connectivity index (χ0v) is 16.4. The molecule has 0 aromatic rings. The topological polar surface area (TPSA) is 89.5 Å². The minimum atomic E-state index is -0.760.